The molecule has 1 aromatic rings. The van der Waals surface area contributed by atoms with E-state index in [0.717, 1.165) is 0 Å². The van der Waals surface area contributed by atoms with Gasteiger partial charge in [0.2, 0.25) is 0 Å². The highest BCUT2D eigenvalue weighted by atomic mass is 127. The van der Waals surface area contributed by atoms with Crippen LogP contribution in [0.1, 0.15) is 17.6 Å². The fourth-order valence-electron chi connectivity index (χ4n) is 0.977. The van der Waals surface area contributed by atoms with Crippen LogP contribution in [0.25, 0.3) is 0 Å². The second kappa shape index (κ2) is 5.16. The zero-order valence-electron chi connectivity index (χ0n) is 6.77. The third-order valence-electron chi connectivity index (χ3n) is 1.57. The molecule has 0 spiro atoms. The standard InChI is InChI=1S/C8H4F2I2N2/c9-7(10)5-3-6(11)14-8(12)4(5)1-2-13/h3,7H,1H2. The minimum atomic E-state index is -2.55. The minimum absolute atomic E-state index is 0.0259. The number of halogens is 4. The predicted molar refractivity (Wildman–Crippen MR) is 63.9 cm³/mol. The summed E-state index contributed by atoms with van der Waals surface area (Å²) in [4.78, 5) is 4.02. The monoisotopic (exact) mass is 420 g/mol. The molecule has 0 saturated carbocycles. The van der Waals surface area contributed by atoms with Crippen molar-refractivity contribution in [3.05, 3.63) is 24.6 Å². The number of pyridine rings is 1. The van der Waals surface area contributed by atoms with E-state index in [2.05, 4.69) is 4.98 Å². The van der Waals surface area contributed by atoms with E-state index < -0.39 is 6.43 Å². The lowest BCUT2D eigenvalue weighted by Gasteiger charge is -2.07. The van der Waals surface area contributed by atoms with Gasteiger partial charge in [-0.15, -0.1) is 0 Å². The smallest absolute Gasteiger partial charge is 0.236 e. The van der Waals surface area contributed by atoms with Gasteiger partial charge in [0.1, 0.15) is 7.40 Å². The van der Waals surface area contributed by atoms with Crippen LogP contribution in [0.3, 0.4) is 0 Å². The van der Waals surface area contributed by atoms with E-state index in [-0.39, 0.29) is 12.0 Å². The van der Waals surface area contributed by atoms with Crippen molar-refractivity contribution in [2.75, 3.05) is 0 Å². The molecule has 1 heterocycles. The molecule has 1 aromatic heterocycles. The molecular weight excluding hydrogens is 416 g/mol. The molecule has 2 nitrogen and oxygen atoms in total. The average molecular weight is 420 g/mol. The third-order valence-corrected chi connectivity index (χ3v) is 3.01. The molecule has 0 amide bonds. The van der Waals surface area contributed by atoms with Crippen molar-refractivity contribution >= 4 is 45.2 Å². The Labute approximate surface area is 107 Å². The maximum Gasteiger partial charge on any atom is 0.264 e. The summed E-state index contributed by atoms with van der Waals surface area (Å²) in [5.41, 5.74) is 0.249. The van der Waals surface area contributed by atoms with Crippen molar-refractivity contribution in [2.24, 2.45) is 0 Å². The van der Waals surface area contributed by atoms with Crippen LogP contribution in [-0.2, 0) is 6.42 Å². The summed E-state index contributed by atoms with van der Waals surface area (Å²) < 4.78 is 26.1. The molecule has 0 aliphatic carbocycles. The van der Waals surface area contributed by atoms with Crippen LogP contribution < -0.4 is 0 Å². The van der Waals surface area contributed by atoms with E-state index in [1.807, 2.05) is 51.3 Å². The van der Waals surface area contributed by atoms with Gasteiger partial charge in [-0.05, 0) is 51.2 Å². The van der Waals surface area contributed by atoms with Crippen molar-refractivity contribution in [1.29, 1.82) is 5.26 Å². The van der Waals surface area contributed by atoms with Gasteiger partial charge >= 0.3 is 0 Å². The Hall–Kier alpha value is -0.0400. The molecule has 0 aliphatic rings. The molecule has 0 unspecified atom stereocenters. The number of rotatable bonds is 2. The zero-order chi connectivity index (χ0) is 10.7. The Kier molecular flexibility index (Phi) is 4.43. The highest BCUT2D eigenvalue weighted by Crippen LogP contribution is 2.27. The number of alkyl halides is 2. The van der Waals surface area contributed by atoms with Crippen molar-refractivity contribution in [1.82, 2.24) is 4.98 Å². The van der Waals surface area contributed by atoms with Crippen molar-refractivity contribution in [2.45, 2.75) is 12.8 Å². The van der Waals surface area contributed by atoms with Crippen molar-refractivity contribution < 1.29 is 8.78 Å². The van der Waals surface area contributed by atoms with Crippen LogP contribution in [-0.4, -0.2) is 4.98 Å². The number of nitriles is 1. The second-order valence-corrected chi connectivity index (χ2v) is 4.57. The SMILES string of the molecule is N#CCc1c(C(F)F)cc(I)nc1I. The Morgan fingerprint density at radius 3 is 2.64 bits per heavy atom. The summed E-state index contributed by atoms with van der Waals surface area (Å²) in [5, 5.41) is 8.49. The maximum atomic E-state index is 12.6. The summed E-state index contributed by atoms with van der Waals surface area (Å²) in [6, 6.07) is 3.18. The summed E-state index contributed by atoms with van der Waals surface area (Å²) in [6.45, 7) is 0. The quantitative estimate of drug-likeness (QED) is 0.544. The first kappa shape index (κ1) is 12.0. The number of aromatic nitrogens is 1. The predicted octanol–water partition coefficient (Wildman–Crippen LogP) is 3.29. The molecule has 0 saturated heterocycles. The first-order valence-electron chi connectivity index (χ1n) is 3.56. The molecule has 14 heavy (non-hydrogen) atoms. The van der Waals surface area contributed by atoms with Crippen LogP contribution in [0, 0.1) is 18.7 Å². The molecule has 0 atom stereocenters. The molecule has 1 rings (SSSR count). The minimum Gasteiger partial charge on any atom is -0.236 e. The van der Waals surface area contributed by atoms with Gasteiger partial charge in [-0.2, -0.15) is 5.26 Å². The number of hydrogen-bond donors (Lipinski definition) is 0. The highest BCUT2D eigenvalue weighted by Gasteiger charge is 2.17. The van der Waals surface area contributed by atoms with Crippen LogP contribution in [0.5, 0.6) is 0 Å². The second-order valence-electron chi connectivity index (χ2n) is 2.44. The van der Waals surface area contributed by atoms with E-state index in [0.29, 0.717) is 13.0 Å². The normalized spacial score (nSPS) is 10.3. The average Bonchev–Trinajstić information content (AvgIpc) is 2.09. The molecule has 0 bridgehead atoms. The van der Waals surface area contributed by atoms with E-state index in [1.54, 1.807) is 0 Å². The lowest BCUT2D eigenvalue weighted by atomic mass is 10.1. The number of nitrogens with zero attached hydrogens (tertiary/aromatic N) is 2. The summed E-state index contributed by atoms with van der Waals surface area (Å²) in [5.74, 6) is 0. The van der Waals surface area contributed by atoms with E-state index >= 15 is 0 Å². The summed E-state index contributed by atoms with van der Waals surface area (Å²) in [7, 11) is 0. The lowest BCUT2D eigenvalue weighted by Crippen LogP contribution is -2.01. The van der Waals surface area contributed by atoms with E-state index in [4.69, 9.17) is 5.26 Å². The summed E-state index contributed by atoms with van der Waals surface area (Å²) >= 11 is 3.75. The molecule has 74 valence electrons. The Morgan fingerprint density at radius 1 is 1.50 bits per heavy atom. The Balaban J connectivity index is 3.30. The van der Waals surface area contributed by atoms with Gasteiger partial charge in [0.25, 0.3) is 6.43 Å². The zero-order valence-corrected chi connectivity index (χ0v) is 11.1. The van der Waals surface area contributed by atoms with Crippen LogP contribution in [0.2, 0.25) is 0 Å². The molecular formula is C8H4F2I2N2. The van der Waals surface area contributed by atoms with Gasteiger partial charge in [-0.25, -0.2) is 13.8 Å². The first-order valence-corrected chi connectivity index (χ1v) is 5.72. The van der Waals surface area contributed by atoms with Crippen LogP contribution in [0.4, 0.5) is 8.78 Å². The molecule has 0 aromatic carbocycles. The van der Waals surface area contributed by atoms with Gasteiger partial charge in [0, 0.05) is 11.1 Å². The van der Waals surface area contributed by atoms with Gasteiger partial charge in [-0.3, -0.25) is 0 Å². The van der Waals surface area contributed by atoms with Gasteiger partial charge in [0.15, 0.2) is 0 Å². The summed E-state index contributed by atoms with van der Waals surface area (Å²) in [6.07, 6.45) is -2.58. The van der Waals surface area contributed by atoms with Gasteiger partial charge in [0.05, 0.1) is 12.5 Å². The van der Waals surface area contributed by atoms with Crippen LogP contribution in [0.15, 0.2) is 6.07 Å². The molecule has 0 radical (unpaired) electrons. The topological polar surface area (TPSA) is 36.7 Å². The molecule has 6 heteroatoms. The van der Waals surface area contributed by atoms with E-state index in [1.165, 1.54) is 6.07 Å². The van der Waals surface area contributed by atoms with Crippen LogP contribution >= 0.6 is 45.2 Å². The van der Waals surface area contributed by atoms with E-state index in [9.17, 15) is 8.78 Å². The largest absolute Gasteiger partial charge is 0.264 e. The Bertz CT molecular complexity index is 388. The van der Waals surface area contributed by atoms with Gasteiger partial charge < -0.3 is 0 Å². The Morgan fingerprint density at radius 2 is 2.14 bits per heavy atom. The number of hydrogen-bond acceptors (Lipinski definition) is 2. The van der Waals surface area contributed by atoms with Crippen molar-refractivity contribution in [3.8, 4) is 6.07 Å². The molecule has 0 aliphatic heterocycles. The first-order chi connectivity index (χ1) is 6.56. The highest BCUT2D eigenvalue weighted by molar-refractivity contribution is 14.1. The third kappa shape index (κ3) is 2.73. The lowest BCUT2D eigenvalue weighted by molar-refractivity contribution is 0.150. The maximum absolute atomic E-state index is 12.6. The molecule has 0 N–H and O–H groups in total. The van der Waals surface area contributed by atoms with Crippen molar-refractivity contribution in [3.63, 3.8) is 0 Å². The fraction of sp³-hybridized carbons (Fsp3) is 0.250. The molecule has 0 fully saturated rings. The fourth-order valence-corrected chi connectivity index (χ4v) is 2.78. The van der Waals surface area contributed by atoms with Gasteiger partial charge in [-0.1, -0.05) is 0 Å².